The van der Waals surface area contributed by atoms with Crippen LogP contribution in [0.3, 0.4) is 0 Å². The number of hydrogen-bond acceptors (Lipinski definition) is 5. The molecule has 2 heterocycles. The Kier molecular flexibility index (Phi) is 5.14. The Balaban J connectivity index is 1.76. The molecule has 0 radical (unpaired) electrons. The van der Waals surface area contributed by atoms with Crippen molar-refractivity contribution in [2.75, 3.05) is 32.1 Å². The van der Waals surface area contributed by atoms with Gasteiger partial charge in [-0.1, -0.05) is 29.5 Å². The van der Waals surface area contributed by atoms with E-state index >= 15 is 0 Å². The van der Waals surface area contributed by atoms with Gasteiger partial charge in [-0.3, -0.25) is 9.69 Å². The maximum Gasteiger partial charge on any atom is 0.289 e. The number of thiazole rings is 2. The molecule has 0 spiro atoms. The first-order chi connectivity index (χ1) is 13.4. The lowest BCUT2D eigenvalue weighted by Gasteiger charge is -2.19. The minimum Gasteiger partial charge on any atom is -0.338 e. The van der Waals surface area contributed by atoms with E-state index in [0.717, 1.165) is 32.1 Å². The fraction of sp³-hybridized carbons (Fsp3) is 0.286. The quantitative estimate of drug-likeness (QED) is 0.548. The first kappa shape index (κ1) is 19.0. The van der Waals surface area contributed by atoms with E-state index in [1.807, 2.05) is 24.3 Å². The number of nitrogens with zero attached hydrogens (tertiary/aromatic N) is 3. The lowest BCUT2D eigenvalue weighted by molar-refractivity contribution is -0.856. The van der Waals surface area contributed by atoms with Crippen molar-refractivity contribution in [3.63, 3.8) is 0 Å². The van der Waals surface area contributed by atoms with Gasteiger partial charge >= 0.3 is 0 Å². The minimum atomic E-state index is -0.0733. The predicted octanol–water partition coefficient (Wildman–Crippen LogP) is 3.31. The first-order valence-corrected chi connectivity index (χ1v) is 10.9. The van der Waals surface area contributed by atoms with Crippen molar-refractivity contribution in [3.8, 4) is 0 Å². The molecule has 144 valence electrons. The fourth-order valence-corrected chi connectivity index (χ4v) is 4.99. The molecule has 28 heavy (non-hydrogen) atoms. The van der Waals surface area contributed by atoms with Gasteiger partial charge in [-0.15, -0.1) is 11.3 Å². The Labute approximate surface area is 172 Å². The number of aromatic nitrogens is 2. The van der Waals surface area contributed by atoms with Gasteiger partial charge in [0.25, 0.3) is 5.91 Å². The molecule has 0 bridgehead atoms. The molecule has 4 aromatic rings. The number of carbonyl (C=O) groups is 1. The van der Waals surface area contributed by atoms with Crippen LogP contribution in [0.25, 0.3) is 20.4 Å². The van der Waals surface area contributed by atoms with Crippen molar-refractivity contribution in [1.82, 2.24) is 9.97 Å². The standard InChI is InChI=1S/C21H22N4OS2/c1-13-9-10-17-18(14(13)2)23-21(28-17)25(12-11-24(3)4)20(26)19-22-15-7-5-6-8-16(15)27-19/h5-10H,11-12H2,1-4H3/p+1. The molecule has 0 atom stereocenters. The molecule has 0 saturated heterocycles. The van der Waals surface area contributed by atoms with Crippen LogP contribution in [0, 0.1) is 13.8 Å². The molecular formula is C21H23N4OS2+. The number of nitrogens with one attached hydrogen (secondary N) is 1. The summed E-state index contributed by atoms with van der Waals surface area (Å²) in [6, 6.07) is 12.1. The summed E-state index contributed by atoms with van der Waals surface area (Å²) in [5.74, 6) is -0.0733. The average Bonchev–Trinajstić information content (AvgIpc) is 3.29. The third-order valence-electron chi connectivity index (χ3n) is 4.86. The Morgan fingerprint density at radius 2 is 1.82 bits per heavy atom. The zero-order valence-corrected chi connectivity index (χ0v) is 18.1. The number of fused-ring (bicyclic) bond motifs is 2. The summed E-state index contributed by atoms with van der Waals surface area (Å²) in [6.45, 7) is 5.62. The zero-order chi connectivity index (χ0) is 19.8. The molecule has 0 aliphatic rings. The van der Waals surface area contributed by atoms with E-state index in [-0.39, 0.29) is 5.91 Å². The highest BCUT2D eigenvalue weighted by Gasteiger charge is 2.25. The van der Waals surface area contributed by atoms with Crippen LogP contribution in [-0.4, -0.2) is 43.1 Å². The molecule has 1 amide bonds. The van der Waals surface area contributed by atoms with Crippen LogP contribution in [0.2, 0.25) is 0 Å². The number of para-hydroxylation sites is 1. The molecule has 0 saturated carbocycles. The van der Waals surface area contributed by atoms with Gasteiger partial charge in [-0.05, 0) is 43.2 Å². The van der Waals surface area contributed by atoms with Gasteiger partial charge in [0.1, 0.15) is 0 Å². The number of carbonyl (C=O) groups excluding carboxylic acids is 1. The molecule has 2 aromatic carbocycles. The lowest BCUT2D eigenvalue weighted by atomic mass is 10.1. The van der Waals surface area contributed by atoms with Crippen molar-refractivity contribution in [3.05, 3.63) is 52.5 Å². The molecule has 0 aliphatic heterocycles. The molecule has 5 nitrogen and oxygen atoms in total. The highest BCUT2D eigenvalue weighted by atomic mass is 32.1. The van der Waals surface area contributed by atoms with Crippen molar-refractivity contribution in [2.24, 2.45) is 0 Å². The summed E-state index contributed by atoms with van der Waals surface area (Å²) in [5.41, 5.74) is 4.24. The van der Waals surface area contributed by atoms with E-state index in [4.69, 9.17) is 4.98 Å². The highest BCUT2D eigenvalue weighted by molar-refractivity contribution is 7.23. The van der Waals surface area contributed by atoms with Crippen LogP contribution in [0.15, 0.2) is 36.4 Å². The van der Waals surface area contributed by atoms with Crippen LogP contribution < -0.4 is 9.80 Å². The van der Waals surface area contributed by atoms with E-state index in [0.29, 0.717) is 11.6 Å². The first-order valence-electron chi connectivity index (χ1n) is 9.27. The van der Waals surface area contributed by atoms with Gasteiger partial charge < -0.3 is 4.90 Å². The average molecular weight is 412 g/mol. The second kappa shape index (κ2) is 7.58. The van der Waals surface area contributed by atoms with Crippen molar-refractivity contribution in [1.29, 1.82) is 0 Å². The number of rotatable bonds is 5. The third-order valence-corrected chi connectivity index (χ3v) is 6.93. The Morgan fingerprint density at radius 1 is 1.04 bits per heavy atom. The Bertz CT molecular complexity index is 1130. The van der Waals surface area contributed by atoms with Gasteiger partial charge in [-0.25, -0.2) is 9.97 Å². The number of aryl methyl sites for hydroxylation is 2. The zero-order valence-electron chi connectivity index (χ0n) is 16.4. The largest absolute Gasteiger partial charge is 0.338 e. The number of amides is 1. The number of quaternary nitrogens is 1. The monoisotopic (exact) mass is 411 g/mol. The van der Waals surface area contributed by atoms with Gasteiger partial charge in [0.2, 0.25) is 0 Å². The molecule has 2 aromatic heterocycles. The van der Waals surface area contributed by atoms with Gasteiger partial charge in [-0.2, -0.15) is 0 Å². The van der Waals surface area contributed by atoms with Gasteiger partial charge in [0, 0.05) is 0 Å². The van der Waals surface area contributed by atoms with Crippen LogP contribution in [0.5, 0.6) is 0 Å². The van der Waals surface area contributed by atoms with Crippen molar-refractivity contribution >= 4 is 54.1 Å². The lowest BCUT2D eigenvalue weighted by Crippen LogP contribution is -3.06. The molecule has 4 rings (SSSR count). The summed E-state index contributed by atoms with van der Waals surface area (Å²) in [6.07, 6.45) is 0. The number of benzene rings is 2. The van der Waals surface area contributed by atoms with Gasteiger partial charge in [0.05, 0.1) is 47.6 Å². The smallest absolute Gasteiger partial charge is 0.289 e. The summed E-state index contributed by atoms with van der Waals surface area (Å²) in [7, 11) is 4.18. The minimum absolute atomic E-state index is 0.0733. The van der Waals surface area contributed by atoms with Crippen LogP contribution in [0.4, 0.5) is 5.13 Å². The maximum absolute atomic E-state index is 13.4. The summed E-state index contributed by atoms with van der Waals surface area (Å²) >= 11 is 3.01. The number of hydrogen-bond donors (Lipinski definition) is 1. The van der Waals surface area contributed by atoms with E-state index in [9.17, 15) is 4.79 Å². The molecule has 7 heteroatoms. The molecule has 0 aliphatic carbocycles. The summed E-state index contributed by atoms with van der Waals surface area (Å²) in [4.78, 5) is 25.9. The topological polar surface area (TPSA) is 50.5 Å². The van der Waals surface area contributed by atoms with Crippen LogP contribution in [-0.2, 0) is 0 Å². The summed E-state index contributed by atoms with van der Waals surface area (Å²) < 4.78 is 2.14. The fourth-order valence-electron chi connectivity index (χ4n) is 3.03. The van der Waals surface area contributed by atoms with Crippen LogP contribution >= 0.6 is 22.7 Å². The van der Waals surface area contributed by atoms with Crippen LogP contribution in [0.1, 0.15) is 20.9 Å². The van der Waals surface area contributed by atoms with E-state index < -0.39 is 0 Å². The molecular weight excluding hydrogens is 388 g/mol. The predicted molar refractivity (Wildman–Crippen MR) is 118 cm³/mol. The van der Waals surface area contributed by atoms with E-state index in [2.05, 4.69) is 45.1 Å². The molecule has 0 unspecified atom stereocenters. The second-order valence-electron chi connectivity index (χ2n) is 7.25. The molecule has 0 fully saturated rings. The van der Waals surface area contributed by atoms with Crippen molar-refractivity contribution in [2.45, 2.75) is 13.8 Å². The number of anilines is 1. The van der Waals surface area contributed by atoms with E-state index in [1.165, 1.54) is 27.4 Å². The second-order valence-corrected chi connectivity index (χ2v) is 9.29. The van der Waals surface area contributed by atoms with Crippen molar-refractivity contribution < 1.29 is 9.69 Å². The Morgan fingerprint density at radius 3 is 2.57 bits per heavy atom. The van der Waals surface area contributed by atoms with E-state index in [1.54, 1.807) is 16.2 Å². The molecule has 1 N–H and O–H groups in total. The SMILES string of the molecule is Cc1ccc2sc(N(CC[NH+](C)C)C(=O)c3nc4ccccc4s3)nc2c1C. The summed E-state index contributed by atoms with van der Waals surface area (Å²) in [5, 5.41) is 1.26. The highest BCUT2D eigenvalue weighted by Crippen LogP contribution is 2.33. The third kappa shape index (κ3) is 3.53. The number of likely N-dealkylation sites (N-methyl/N-ethyl adjacent to an activating group) is 1. The van der Waals surface area contributed by atoms with Gasteiger partial charge in [0.15, 0.2) is 10.1 Å². The Hall–Kier alpha value is -2.35. The maximum atomic E-state index is 13.4. The normalized spacial score (nSPS) is 11.6.